The Kier molecular flexibility index (Phi) is 11.7. The number of aliphatic hydroxyl groups excluding tert-OH is 2. The van der Waals surface area contributed by atoms with Gasteiger partial charge in [-0.1, -0.05) is 54.8 Å². The van der Waals surface area contributed by atoms with E-state index >= 15 is 0 Å². The zero-order chi connectivity index (χ0) is 43.2. The van der Waals surface area contributed by atoms with Gasteiger partial charge in [0, 0.05) is 37.0 Å². The Morgan fingerprint density at radius 1 is 0.644 bits per heavy atom. The minimum Gasteiger partial charge on any atom is -0.689 e. The molecule has 0 unspecified atom stereocenters. The number of aromatic nitrogens is 2. The van der Waals surface area contributed by atoms with Gasteiger partial charge in [-0.15, -0.1) is 18.1 Å². The van der Waals surface area contributed by atoms with E-state index in [9.17, 15) is 41.7 Å². The van der Waals surface area contributed by atoms with E-state index in [1.54, 1.807) is 45.0 Å². The van der Waals surface area contributed by atoms with E-state index in [-0.39, 0.29) is 28.0 Å². The number of aliphatic hydroxyl groups is 2. The fourth-order valence-electron chi connectivity index (χ4n) is 7.28. The van der Waals surface area contributed by atoms with Crippen LogP contribution in [-0.2, 0) is 32.0 Å². The van der Waals surface area contributed by atoms with E-state index < -0.39 is 50.0 Å². The first kappa shape index (κ1) is 43.2. The van der Waals surface area contributed by atoms with Crippen LogP contribution in [0.5, 0.6) is 11.5 Å². The number of rotatable bonds is 12. The van der Waals surface area contributed by atoms with Crippen LogP contribution in [0.3, 0.4) is 0 Å². The number of nitrogens with zero attached hydrogens (tertiary/aromatic N) is 2. The molecular formula is C44H44F6N2O6Si-. The third kappa shape index (κ3) is 8.68. The molecule has 6 aromatic rings. The minimum absolute atomic E-state index is 0.0349. The predicted molar refractivity (Wildman–Crippen MR) is 213 cm³/mol. The number of phenols is 1. The maximum absolute atomic E-state index is 14.1. The Morgan fingerprint density at radius 2 is 1.10 bits per heavy atom. The summed E-state index contributed by atoms with van der Waals surface area (Å²) < 4.78 is 102. The van der Waals surface area contributed by atoms with E-state index in [4.69, 9.17) is 13.5 Å². The van der Waals surface area contributed by atoms with Gasteiger partial charge in [0.05, 0.1) is 41.5 Å². The quantitative estimate of drug-likeness (QED) is 0.0823. The molecule has 6 rings (SSSR count). The van der Waals surface area contributed by atoms with Crippen LogP contribution in [0, 0.1) is 20.8 Å². The third-order valence-corrected chi connectivity index (χ3v) is 15.5. The molecule has 4 aromatic carbocycles. The summed E-state index contributed by atoms with van der Waals surface area (Å²) in [6.45, 7) is 11.8. The number of halogens is 6. The normalized spacial score (nSPS) is 12.7. The molecule has 0 atom stereocenters. The van der Waals surface area contributed by atoms with Crippen LogP contribution in [0.15, 0.2) is 81.8 Å². The third-order valence-electron chi connectivity index (χ3n) is 11.2. The molecule has 313 valence electrons. The van der Waals surface area contributed by atoms with Crippen molar-refractivity contribution in [3.63, 3.8) is 0 Å². The van der Waals surface area contributed by atoms with Crippen molar-refractivity contribution in [3.05, 3.63) is 118 Å². The molecule has 15 heteroatoms. The van der Waals surface area contributed by atoms with Crippen LogP contribution in [0.2, 0.25) is 18.1 Å². The van der Waals surface area contributed by atoms with E-state index in [0.717, 1.165) is 24.3 Å². The zero-order valence-corrected chi connectivity index (χ0v) is 34.5. The van der Waals surface area contributed by atoms with E-state index in [0.29, 0.717) is 74.9 Å². The lowest BCUT2D eigenvalue weighted by Gasteiger charge is -2.51. The number of benzene rings is 4. The number of aryl methyl sites for hydroxylation is 4. The number of hydrogen-bond acceptors (Lipinski definition) is 8. The van der Waals surface area contributed by atoms with Crippen LogP contribution in [0.25, 0.3) is 44.5 Å². The summed E-state index contributed by atoms with van der Waals surface area (Å²) in [6.07, 6.45) is -8.54. The Morgan fingerprint density at radius 3 is 1.56 bits per heavy atom. The Labute approximate surface area is 338 Å². The molecule has 0 saturated carbocycles. The van der Waals surface area contributed by atoms with Crippen molar-refractivity contribution in [1.29, 1.82) is 0 Å². The first-order valence-corrected chi connectivity index (χ1v) is 21.6. The van der Waals surface area contributed by atoms with Crippen molar-refractivity contribution in [2.75, 3.05) is 0 Å². The lowest BCUT2D eigenvalue weighted by Crippen LogP contribution is -2.45. The van der Waals surface area contributed by atoms with Gasteiger partial charge in [-0.05, 0) is 103 Å². The average molecular weight is 839 g/mol. The molecule has 8 nitrogen and oxygen atoms in total. The number of alkyl halides is 6. The van der Waals surface area contributed by atoms with Crippen molar-refractivity contribution in [2.24, 2.45) is 0 Å². The first-order chi connectivity index (χ1) is 27.6. The predicted octanol–water partition coefficient (Wildman–Crippen LogP) is 12.0. The smallest absolute Gasteiger partial charge is 0.416 e. The number of phenolic OH excluding ortho intramolecular Hbond substituents is 1. The molecule has 0 aliphatic carbocycles. The van der Waals surface area contributed by atoms with Gasteiger partial charge in [-0.3, -0.25) is 0 Å². The first-order valence-electron chi connectivity index (χ1n) is 18.7. The van der Waals surface area contributed by atoms with Gasteiger partial charge >= 0.3 is 12.4 Å². The lowest BCUT2D eigenvalue weighted by molar-refractivity contribution is -0.138. The lowest BCUT2D eigenvalue weighted by atomic mass is 9.87. The van der Waals surface area contributed by atoms with Crippen molar-refractivity contribution < 1.29 is 55.1 Å². The summed E-state index contributed by atoms with van der Waals surface area (Å²) in [6, 6.07) is 16.4. The summed E-state index contributed by atoms with van der Waals surface area (Å²) in [5, 5.41) is 38.3. The summed E-state index contributed by atoms with van der Waals surface area (Å²) in [5.41, 5.74) is 2.13. The van der Waals surface area contributed by atoms with Crippen LogP contribution in [-0.4, -0.2) is 34.0 Å². The van der Waals surface area contributed by atoms with Gasteiger partial charge in [-0.25, -0.2) is 0 Å². The minimum atomic E-state index is -4.69. The van der Waals surface area contributed by atoms with Crippen molar-refractivity contribution in [2.45, 2.75) is 91.2 Å². The summed E-state index contributed by atoms with van der Waals surface area (Å²) in [5.74, 6) is 1.25. The topological polar surface area (TPSA) is 122 Å². The maximum atomic E-state index is 14.1. The standard InChI is InChI=1S/C44H44F6N2O6Si/c1-24-38(26(3)56-51-24)40-29(22-53)18-31(43(45,46)47)20-35(40)28-10-14-34(15-11-28)58-59(6,7)42(4,5)17-16-37-39(25(2)52-57-37)41-30(23-54)19-32(44(48,49)50)21-36(41)27-8-12-33(55)13-9-27/h8-15,18-21,53-55H,16-17,22-23H2,1-7H3/q-1. The van der Waals surface area contributed by atoms with Crippen molar-refractivity contribution in [1.82, 2.24) is 10.3 Å². The zero-order valence-electron chi connectivity index (χ0n) is 33.5. The fourth-order valence-corrected chi connectivity index (χ4v) is 9.01. The molecule has 2 aromatic heterocycles. The number of aromatic hydroxyl groups is 1. The van der Waals surface area contributed by atoms with Gasteiger partial charge in [0.1, 0.15) is 17.3 Å². The second kappa shape index (κ2) is 16.0. The van der Waals surface area contributed by atoms with Crippen LogP contribution < -0.4 is 4.43 Å². The van der Waals surface area contributed by atoms with Crippen molar-refractivity contribution >= 4 is 8.32 Å². The molecule has 0 aliphatic heterocycles. The van der Waals surface area contributed by atoms with Crippen LogP contribution in [0.4, 0.5) is 26.3 Å². The molecule has 0 fully saturated rings. The largest absolute Gasteiger partial charge is 0.689 e. The molecule has 59 heavy (non-hydrogen) atoms. The van der Waals surface area contributed by atoms with Gasteiger partial charge in [0.25, 0.3) is 0 Å². The van der Waals surface area contributed by atoms with E-state index in [2.05, 4.69) is 10.3 Å². The van der Waals surface area contributed by atoms with E-state index in [1.165, 1.54) is 24.3 Å². The Hall–Kier alpha value is -5.38. The monoisotopic (exact) mass is 838 g/mol. The van der Waals surface area contributed by atoms with Crippen molar-refractivity contribution in [3.8, 4) is 56.0 Å². The highest BCUT2D eigenvalue weighted by atomic mass is 28.4. The fraction of sp³-hybridized carbons (Fsp3) is 0.318. The molecular weight excluding hydrogens is 795 g/mol. The summed E-state index contributed by atoms with van der Waals surface area (Å²) in [7, 11) is -2.70. The number of hydrogen-bond donors (Lipinski definition) is 3. The molecule has 0 bridgehead atoms. The van der Waals surface area contributed by atoms with E-state index in [1.807, 2.05) is 26.9 Å². The molecule has 0 saturated heterocycles. The summed E-state index contributed by atoms with van der Waals surface area (Å²) in [4.78, 5) is 0. The molecule has 3 N–H and O–H groups in total. The van der Waals surface area contributed by atoms with Gasteiger partial charge in [-0.2, -0.15) is 26.3 Å². The average Bonchev–Trinajstić information content (AvgIpc) is 3.71. The molecule has 0 amide bonds. The summed E-state index contributed by atoms with van der Waals surface area (Å²) >= 11 is 0. The Bertz CT molecular complexity index is 2450. The van der Waals surface area contributed by atoms with Crippen LogP contribution >= 0.6 is 0 Å². The second-order valence-electron chi connectivity index (χ2n) is 15.8. The van der Waals surface area contributed by atoms with Gasteiger partial charge < -0.3 is 28.8 Å². The Balaban J connectivity index is 1.30. The second-order valence-corrected chi connectivity index (χ2v) is 20.3. The SMILES string of the molecule is Cc1noc(C)c1-c1c(CO)cc(C(F)(F)F)cc1-c1ccc(O[Si-](C)(C)C(C)(C)CCc2onc(C)c2-c2c(CO)cc(C(F)(F)F)cc2-c2ccc(O)cc2)cc1. The molecule has 2 heterocycles. The maximum Gasteiger partial charge on any atom is 0.416 e. The molecule has 0 spiro atoms. The molecule has 0 radical (unpaired) electrons. The van der Waals surface area contributed by atoms with Crippen LogP contribution in [0.1, 0.15) is 65.4 Å². The van der Waals surface area contributed by atoms with Gasteiger partial charge in [0.15, 0.2) is 0 Å². The van der Waals surface area contributed by atoms with Gasteiger partial charge in [0.2, 0.25) is 0 Å². The highest BCUT2D eigenvalue weighted by molar-refractivity contribution is 6.74. The highest BCUT2D eigenvalue weighted by Gasteiger charge is 2.36. The molecule has 0 aliphatic rings. The highest BCUT2D eigenvalue weighted by Crippen LogP contribution is 2.48.